The van der Waals surface area contributed by atoms with Gasteiger partial charge in [-0.1, -0.05) is 52.3 Å². The normalized spacial score (nSPS) is 18.9. The third-order valence-corrected chi connectivity index (χ3v) is 5.73. The number of halogens is 2. The molecule has 2 unspecified atom stereocenters. The second kappa shape index (κ2) is 6.50. The van der Waals surface area contributed by atoms with E-state index in [0.717, 1.165) is 33.4 Å². The summed E-state index contributed by atoms with van der Waals surface area (Å²) in [6, 6.07) is 23.6. The number of benzene rings is 3. The summed E-state index contributed by atoms with van der Waals surface area (Å²) >= 11 is 3.50. The number of imidazole rings is 1. The van der Waals surface area contributed by atoms with E-state index >= 15 is 0 Å². The molecule has 0 amide bonds. The van der Waals surface area contributed by atoms with Gasteiger partial charge in [-0.15, -0.1) is 0 Å². The SMILES string of the molecule is Fc1ccc(C2CC(c3ccc(Br)cc3)Nc3nc4ccccc4n32)cc1. The number of rotatable bonds is 2. The molecule has 0 fully saturated rings. The largest absolute Gasteiger partial charge is 0.349 e. The molecule has 0 saturated heterocycles. The number of para-hydroxylation sites is 2. The fourth-order valence-electron chi connectivity index (χ4n) is 3.89. The summed E-state index contributed by atoms with van der Waals surface area (Å²) in [5.41, 5.74) is 4.35. The van der Waals surface area contributed by atoms with Crippen LogP contribution in [0.4, 0.5) is 10.3 Å². The van der Waals surface area contributed by atoms with Crippen LogP contribution in [0.3, 0.4) is 0 Å². The standard InChI is InChI=1S/C22H17BrFN3/c23-16-9-5-14(6-10-16)19-13-21(15-7-11-17(24)12-8-15)27-20-4-2-1-3-18(20)25-22(27)26-19/h1-12,19,21H,13H2,(H,25,26). The zero-order valence-corrected chi connectivity index (χ0v) is 16.0. The van der Waals surface area contributed by atoms with Crippen LogP contribution in [0, 0.1) is 5.82 Å². The van der Waals surface area contributed by atoms with E-state index in [1.54, 1.807) is 0 Å². The molecule has 3 nitrogen and oxygen atoms in total. The van der Waals surface area contributed by atoms with E-state index in [0.29, 0.717) is 0 Å². The number of nitrogens with zero attached hydrogens (tertiary/aromatic N) is 2. The lowest BCUT2D eigenvalue weighted by molar-refractivity contribution is 0.476. The maximum atomic E-state index is 13.5. The summed E-state index contributed by atoms with van der Waals surface area (Å²) in [6.45, 7) is 0. The van der Waals surface area contributed by atoms with Gasteiger partial charge in [0.15, 0.2) is 0 Å². The molecule has 27 heavy (non-hydrogen) atoms. The van der Waals surface area contributed by atoms with Gasteiger partial charge in [-0.3, -0.25) is 0 Å². The van der Waals surface area contributed by atoms with E-state index in [4.69, 9.17) is 4.98 Å². The average Bonchev–Trinajstić information content (AvgIpc) is 3.07. The van der Waals surface area contributed by atoms with Crippen LogP contribution in [0.5, 0.6) is 0 Å². The molecular formula is C22H17BrFN3. The zero-order valence-electron chi connectivity index (χ0n) is 14.4. The van der Waals surface area contributed by atoms with Gasteiger partial charge >= 0.3 is 0 Å². The second-order valence-electron chi connectivity index (χ2n) is 6.85. The first-order valence-electron chi connectivity index (χ1n) is 8.93. The number of nitrogens with one attached hydrogen (secondary N) is 1. The van der Waals surface area contributed by atoms with E-state index in [1.165, 1.54) is 17.7 Å². The fraction of sp³-hybridized carbons (Fsp3) is 0.136. The first-order valence-corrected chi connectivity index (χ1v) is 9.73. The van der Waals surface area contributed by atoms with Gasteiger partial charge in [0.1, 0.15) is 5.82 Å². The predicted molar refractivity (Wildman–Crippen MR) is 109 cm³/mol. The Morgan fingerprint density at radius 1 is 0.926 bits per heavy atom. The highest BCUT2D eigenvalue weighted by Gasteiger charge is 2.30. The molecule has 1 N–H and O–H groups in total. The average molecular weight is 422 g/mol. The van der Waals surface area contributed by atoms with Gasteiger partial charge in [-0.25, -0.2) is 9.37 Å². The molecule has 0 aliphatic carbocycles. The number of hydrogen-bond donors (Lipinski definition) is 1. The molecule has 1 aliphatic rings. The molecule has 0 bridgehead atoms. The lowest BCUT2D eigenvalue weighted by Crippen LogP contribution is -2.27. The molecule has 5 rings (SSSR count). The molecule has 0 saturated carbocycles. The Labute approximate surface area is 165 Å². The first-order chi connectivity index (χ1) is 13.2. The molecule has 5 heteroatoms. The van der Waals surface area contributed by atoms with E-state index in [2.05, 4.69) is 56.1 Å². The molecule has 4 aromatic rings. The Balaban J connectivity index is 1.65. The van der Waals surface area contributed by atoms with Crippen LogP contribution in [0.15, 0.2) is 77.3 Å². The maximum absolute atomic E-state index is 13.5. The van der Waals surface area contributed by atoms with Crippen LogP contribution >= 0.6 is 15.9 Å². The van der Waals surface area contributed by atoms with E-state index in [9.17, 15) is 4.39 Å². The quantitative estimate of drug-likeness (QED) is 0.424. The summed E-state index contributed by atoms with van der Waals surface area (Å²) in [5.74, 6) is 0.637. The van der Waals surface area contributed by atoms with Crippen LogP contribution in [0.25, 0.3) is 11.0 Å². The summed E-state index contributed by atoms with van der Waals surface area (Å²) < 4.78 is 16.8. The van der Waals surface area contributed by atoms with Crippen molar-refractivity contribution in [2.24, 2.45) is 0 Å². The number of anilines is 1. The number of fused-ring (bicyclic) bond motifs is 3. The van der Waals surface area contributed by atoms with Crippen molar-refractivity contribution in [2.75, 3.05) is 5.32 Å². The van der Waals surface area contributed by atoms with E-state index in [1.807, 2.05) is 30.3 Å². The van der Waals surface area contributed by atoms with Crippen LogP contribution in [0.1, 0.15) is 29.6 Å². The number of hydrogen-bond acceptors (Lipinski definition) is 2. The molecule has 1 aromatic heterocycles. The Bertz CT molecular complexity index is 1100. The lowest BCUT2D eigenvalue weighted by Gasteiger charge is -2.33. The number of aromatic nitrogens is 2. The Morgan fingerprint density at radius 2 is 1.63 bits per heavy atom. The van der Waals surface area contributed by atoms with Crippen molar-refractivity contribution < 1.29 is 4.39 Å². The smallest absolute Gasteiger partial charge is 0.204 e. The molecular weight excluding hydrogens is 405 g/mol. The van der Waals surface area contributed by atoms with Gasteiger partial charge in [-0.05, 0) is 53.9 Å². The maximum Gasteiger partial charge on any atom is 0.204 e. The fourth-order valence-corrected chi connectivity index (χ4v) is 4.15. The summed E-state index contributed by atoms with van der Waals surface area (Å²) in [5, 5.41) is 3.60. The van der Waals surface area contributed by atoms with Crippen LogP contribution in [0.2, 0.25) is 0 Å². The highest BCUT2D eigenvalue weighted by atomic mass is 79.9. The molecule has 1 aliphatic heterocycles. The summed E-state index contributed by atoms with van der Waals surface area (Å²) in [7, 11) is 0. The van der Waals surface area contributed by atoms with E-state index in [-0.39, 0.29) is 17.9 Å². The minimum atomic E-state index is -0.215. The van der Waals surface area contributed by atoms with Crippen molar-refractivity contribution in [1.29, 1.82) is 0 Å². The summed E-state index contributed by atoms with van der Waals surface area (Å²) in [4.78, 5) is 4.81. The van der Waals surface area contributed by atoms with Crippen molar-refractivity contribution in [3.63, 3.8) is 0 Å². The molecule has 0 radical (unpaired) electrons. The van der Waals surface area contributed by atoms with Gasteiger partial charge < -0.3 is 9.88 Å². The van der Waals surface area contributed by atoms with Gasteiger partial charge in [0.25, 0.3) is 0 Å². The molecule has 2 atom stereocenters. The van der Waals surface area contributed by atoms with Crippen LogP contribution in [-0.2, 0) is 0 Å². The van der Waals surface area contributed by atoms with E-state index < -0.39 is 0 Å². The monoisotopic (exact) mass is 421 g/mol. The predicted octanol–water partition coefficient (Wildman–Crippen LogP) is 6.08. The van der Waals surface area contributed by atoms with Gasteiger partial charge in [0.2, 0.25) is 5.95 Å². The minimum absolute atomic E-state index is 0.0860. The van der Waals surface area contributed by atoms with Crippen molar-refractivity contribution in [2.45, 2.75) is 18.5 Å². The van der Waals surface area contributed by atoms with Crippen LogP contribution < -0.4 is 5.32 Å². The van der Waals surface area contributed by atoms with Crippen molar-refractivity contribution in [3.05, 3.63) is 94.2 Å². The first kappa shape index (κ1) is 16.5. The van der Waals surface area contributed by atoms with Crippen molar-refractivity contribution in [1.82, 2.24) is 9.55 Å². The van der Waals surface area contributed by atoms with Crippen molar-refractivity contribution >= 4 is 32.9 Å². The highest BCUT2D eigenvalue weighted by molar-refractivity contribution is 9.10. The van der Waals surface area contributed by atoms with Gasteiger partial charge in [-0.2, -0.15) is 0 Å². The highest BCUT2D eigenvalue weighted by Crippen LogP contribution is 2.41. The molecule has 0 spiro atoms. The third kappa shape index (κ3) is 2.92. The Morgan fingerprint density at radius 3 is 2.41 bits per heavy atom. The minimum Gasteiger partial charge on any atom is -0.349 e. The van der Waals surface area contributed by atoms with Crippen molar-refractivity contribution in [3.8, 4) is 0 Å². The van der Waals surface area contributed by atoms with Crippen LogP contribution in [-0.4, -0.2) is 9.55 Å². The second-order valence-corrected chi connectivity index (χ2v) is 7.76. The summed E-state index contributed by atoms with van der Waals surface area (Å²) in [6.07, 6.45) is 0.862. The topological polar surface area (TPSA) is 29.9 Å². The zero-order chi connectivity index (χ0) is 18.4. The molecule has 134 valence electrons. The van der Waals surface area contributed by atoms with Gasteiger partial charge in [0.05, 0.1) is 23.1 Å². The lowest BCUT2D eigenvalue weighted by atomic mass is 9.93. The Kier molecular flexibility index (Phi) is 3.97. The third-order valence-electron chi connectivity index (χ3n) is 5.20. The van der Waals surface area contributed by atoms with Gasteiger partial charge in [0, 0.05) is 4.47 Å². The Hall–Kier alpha value is -2.66. The molecule has 2 heterocycles. The molecule has 3 aromatic carbocycles.